The van der Waals surface area contributed by atoms with E-state index in [1.54, 1.807) is 0 Å². The zero-order chi connectivity index (χ0) is 14.5. The lowest BCUT2D eigenvalue weighted by molar-refractivity contribution is 0.114. The van der Waals surface area contributed by atoms with Gasteiger partial charge in [0.2, 0.25) is 5.96 Å². The number of nitrogens with one attached hydrogen (secondary N) is 2. The molecule has 1 unspecified atom stereocenters. The van der Waals surface area contributed by atoms with Crippen LogP contribution in [0.2, 0.25) is 0 Å². The Morgan fingerprint density at radius 2 is 1.89 bits per heavy atom. The molecule has 19 heavy (non-hydrogen) atoms. The van der Waals surface area contributed by atoms with Crippen LogP contribution in [0.15, 0.2) is 4.99 Å². The highest BCUT2D eigenvalue weighted by Crippen LogP contribution is 2.02. The van der Waals surface area contributed by atoms with Crippen LogP contribution in [0, 0.1) is 5.92 Å². The Bertz CT molecular complexity index is 235. The van der Waals surface area contributed by atoms with Crippen molar-refractivity contribution in [1.29, 1.82) is 0 Å². The summed E-state index contributed by atoms with van der Waals surface area (Å²) in [6.07, 6.45) is 0.887. The number of aliphatic imine (C=N–C) groups is 1. The van der Waals surface area contributed by atoms with Gasteiger partial charge in [-0.25, -0.2) is 5.84 Å². The molecule has 0 saturated heterocycles. The summed E-state index contributed by atoms with van der Waals surface area (Å²) in [5, 5.41) is 3.28. The molecule has 0 aliphatic rings. The van der Waals surface area contributed by atoms with Gasteiger partial charge in [0, 0.05) is 26.4 Å². The summed E-state index contributed by atoms with van der Waals surface area (Å²) in [5.74, 6) is 6.52. The Kier molecular flexibility index (Phi) is 11.7. The third-order valence-corrected chi connectivity index (χ3v) is 2.69. The Hall–Kier alpha value is -0.850. The van der Waals surface area contributed by atoms with E-state index in [9.17, 15) is 0 Å². The minimum atomic E-state index is 0.196. The number of rotatable bonds is 10. The molecule has 114 valence electrons. The van der Waals surface area contributed by atoms with Crippen LogP contribution in [0.5, 0.6) is 0 Å². The summed E-state index contributed by atoms with van der Waals surface area (Å²) in [7, 11) is 0. The normalized spacial score (nSPS) is 13.7. The molecule has 0 bridgehead atoms. The van der Waals surface area contributed by atoms with Crippen molar-refractivity contribution >= 4 is 5.96 Å². The Morgan fingerprint density at radius 1 is 1.21 bits per heavy atom. The first kappa shape index (κ1) is 18.1. The predicted molar refractivity (Wildman–Crippen MR) is 79.0 cm³/mol. The third kappa shape index (κ3) is 9.69. The highest BCUT2D eigenvalue weighted by atomic mass is 16.5. The number of hydrogen-bond acceptors (Lipinski definition) is 4. The van der Waals surface area contributed by atoms with Crippen molar-refractivity contribution in [3.63, 3.8) is 0 Å². The maximum absolute atomic E-state index is 5.48. The van der Waals surface area contributed by atoms with Crippen molar-refractivity contribution in [2.24, 2.45) is 16.8 Å². The van der Waals surface area contributed by atoms with E-state index < -0.39 is 0 Å². The first-order chi connectivity index (χ1) is 9.15. The smallest absolute Gasteiger partial charge is 0.206 e. The van der Waals surface area contributed by atoms with Crippen molar-refractivity contribution in [3.05, 3.63) is 0 Å². The molecule has 4 N–H and O–H groups in total. The first-order valence-corrected chi connectivity index (χ1v) is 7.08. The van der Waals surface area contributed by atoms with Crippen LogP contribution >= 0.6 is 0 Å². The molecule has 0 amide bonds. The molecule has 0 saturated carbocycles. The van der Waals surface area contributed by atoms with E-state index in [0.29, 0.717) is 31.6 Å². The number of nitrogens with zero attached hydrogens (tertiary/aromatic N) is 1. The molecule has 0 fully saturated rings. The molecule has 0 radical (unpaired) electrons. The van der Waals surface area contributed by atoms with Gasteiger partial charge >= 0.3 is 0 Å². The van der Waals surface area contributed by atoms with E-state index in [0.717, 1.165) is 19.6 Å². The van der Waals surface area contributed by atoms with Gasteiger partial charge in [0.1, 0.15) is 0 Å². The monoisotopic (exact) mass is 274 g/mol. The number of guanidine groups is 1. The summed E-state index contributed by atoms with van der Waals surface area (Å²) in [5.41, 5.74) is 2.60. The average molecular weight is 274 g/mol. The van der Waals surface area contributed by atoms with Crippen LogP contribution in [-0.4, -0.2) is 45.0 Å². The van der Waals surface area contributed by atoms with Crippen LogP contribution in [0.1, 0.15) is 34.1 Å². The predicted octanol–water partition coefficient (Wildman–Crippen LogP) is 0.883. The fourth-order valence-corrected chi connectivity index (χ4v) is 1.46. The van der Waals surface area contributed by atoms with Gasteiger partial charge in [-0.15, -0.1) is 0 Å². The van der Waals surface area contributed by atoms with Crippen LogP contribution in [0.25, 0.3) is 0 Å². The van der Waals surface area contributed by atoms with E-state index in [2.05, 4.69) is 29.6 Å². The fraction of sp³-hybridized carbons (Fsp3) is 0.923. The molecule has 0 heterocycles. The topological polar surface area (TPSA) is 80.9 Å². The van der Waals surface area contributed by atoms with E-state index in [4.69, 9.17) is 15.3 Å². The summed E-state index contributed by atoms with van der Waals surface area (Å²) < 4.78 is 10.7. The van der Waals surface area contributed by atoms with Crippen molar-refractivity contribution in [1.82, 2.24) is 10.7 Å². The SMILES string of the molecule is CCOCCCN=C(NN)NC(COCC)C(C)C. The number of ether oxygens (including phenoxy) is 2. The van der Waals surface area contributed by atoms with E-state index in [-0.39, 0.29) is 6.04 Å². The molecule has 1 atom stereocenters. The van der Waals surface area contributed by atoms with Crippen molar-refractivity contribution in [3.8, 4) is 0 Å². The molecule has 0 aliphatic carbocycles. The molecule has 0 aromatic rings. The first-order valence-electron chi connectivity index (χ1n) is 7.08. The lowest BCUT2D eigenvalue weighted by atomic mass is 10.1. The zero-order valence-electron chi connectivity index (χ0n) is 12.7. The largest absolute Gasteiger partial charge is 0.382 e. The summed E-state index contributed by atoms with van der Waals surface area (Å²) in [6.45, 7) is 11.8. The van der Waals surface area contributed by atoms with Crippen molar-refractivity contribution in [2.45, 2.75) is 40.2 Å². The molecule has 0 aromatic carbocycles. The minimum absolute atomic E-state index is 0.196. The summed E-state index contributed by atoms with van der Waals surface area (Å²) in [6, 6.07) is 0.196. The molecule has 6 nitrogen and oxygen atoms in total. The number of nitrogens with two attached hydrogens (primary N) is 1. The molecular formula is C13H30N4O2. The molecule has 0 spiro atoms. The Labute approximate surface area is 117 Å². The van der Waals surface area contributed by atoms with Crippen LogP contribution < -0.4 is 16.6 Å². The number of hydrogen-bond donors (Lipinski definition) is 3. The summed E-state index contributed by atoms with van der Waals surface area (Å²) in [4.78, 5) is 4.38. The van der Waals surface area contributed by atoms with Gasteiger partial charge in [0.05, 0.1) is 12.6 Å². The van der Waals surface area contributed by atoms with Gasteiger partial charge in [0.25, 0.3) is 0 Å². The molecule has 0 aromatic heterocycles. The minimum Gasteiger partial charge on any atom is -0.382 e. The van der Waals surface area contributed by atoms with E-state index in [1.807, 2.05) is 13.8 Å². The molecule has 6 heteroatoms. The van der Waals surface area contributed by atoms with E-state index in [1.165, 1.54) is 0 Å². The van der Waals surface area contributed by atoms with Crippen LogP contribution in [0.4, 0.5) is 0 Å². The summed E-state index contributed by atoms with van der Waals surface area (Å²) >= 11 is 0. The van der Waals surface area contributed by atoms with Gasteiger partial charge in [0.15, 0.2) is 0 Å². The molecule has 0 aliphatic heterocycles. The highest BCUT2D eigenvalue weighted by molar-refractivity contribution is 5.79. The second kappa shape index (κ2) is 12.2. The second-order valence-electron chi connectivity index (χ2n) is 4.58. The van der Waals surface area contributed by atoms with Crippen molar-refractivity contribution in [2.75, 3.05) is 33.0 Å². The van der Waals surface area contributed by atoms with Gasteiger partial charge in [-0.2, -0.15) is 0 Å². The fourth-order valence-electron chi connectivity index (χ4n) is 1.46. The number of hydrazine groups is 1. The van der Waals surface area contributed by atoms with Gasteiger partial charge < -0.3 is 14.8 Å². The highest BCUT2D eigenvalue weighted by Gasteiger charge is 2.14. The van der Waals surface area contributed by atoms with Gasteiger partial charge in [-0.3, -0.25) is 10.4 Å². The lowest BCUT2D eigenvalue weighted by Crippen LogP contribution is -2.50. The third-order valence-electron chi connectivity index (χ3n) is 2.69. The van der Waals surface area contributed by atoms with Crippen LogP contribution in [0.3, 0.4) is 0 Å². The molecule has 0 rings (SSSR count). The standard InChI is InChI=1S/C13H30N4O2/c1-5-18-9-7-8-15-13(17-14)16-12(11(3)4)10-19-6-2/h11-12H,5-10,14H2,1-4H3,(H2,15,16,17). The zero-order valence-corrected chi connectivity index (χ0v) is 12.7. The van der Waals surface area contributed by atoms with Crippen LogP contribution in [-0.2, 0) is 9.47 Å². The maximum atomic E-state index is 5.48. The Morgan fingerprint density at radius 3 is 2.42 bits per heavy atom. The van der Waals surface area contributed by atoms with Gasteiger partial charge in [-0.1, -0.05) is 13.8 Å². The van der Waals surface area contributed by atoms with Crippen molar-refractivity contribution < 1.29 is 9.47 Å². The van der Waals surface area contributed by atoms with Gasteiger partial charge in [-0.05, 0) is 26.2 Å². The second-order valence-corrected chi connectivity index (χ2v) is 4.58. The maximum Gasteiger partial charge on any atom is 0.206 e. The molecular weight excluding hydrogens is 244 g/mol. The quantitative estimate of drug-likeness (QED) is 0.181. The van der Waals surface area contributed by atoms with E-state index >= 15 is 0 Å². The Balaban J connectivity index is 4.13. The lowest BCUT2D eigenvalue weighted by Gasteiger charge is -2.23. The average Bonchev–Trinajstić information content (AvgIpc) is 2.40.